The van der Waals surface area contributed by atoms with Gasteiger partial charge in [0, 0.05) is 52.0 Å². The van der Waals surface area contributed by atoms with Crippen molar-refractivity contribution in [1.29, 1.82) is 0 Å². The van der Waals surface area contributed by atoms with Crippen LogP contribution in [0, 0.1) is 5.41 Å². The van der Waals surface area contributed by atoms with Crippen LogP contribution in [-0.4, -0.2) is 83.8 Å². The van der Waals surface area contributed by atoms with Gasteiger partial charge >= 0.3 is 6.09 Å². The van der Waals surface area contributed by atoms with Crippen LogP contribution in [0.4, 0.5) is 16.4 Å². The second-order valence-corrected chi connectivity index (χ2v) is 12.0. The topological polar surface area (TPSA) is 87.7 Å². The minimum atomic E-state index is -0.515. The van der Waals surface area contributed by atoms with Crippen LogP contribution in [0.15, 0.2) is 12.4 Å². The number of aromatic nitrogens is 2. The number of carbonyl (C=O) groups is 2. The van der Waals surface area contributed by atoms with Crippen molar-refractivity contribution in [3.05, 3.63) is 12.4 Å². The molecule has 0 aliphatic carbocycles. The van der Waals surface area contributed by atoms with E-state index >= 15 is 0 Å². The highest BCUT2D eigenvalue weighted by Crippen LogP contribution is 2.43. The lowest BCUT2D eigenvalue weighted by atomic mass is 9.77. The third kappa shape index (κ3) is 4.31. The Morgan fingerprint density at radius 1 is 1.14 bits per heavy atom. The van der Waals surface area contributed by atoms with Gasteiger partial charge in [-0.1, -0.05) is 0 Å². The van der Waals surface area contributed by atoms with E-state index in [1.165, 1.54) is 19.3 Å². The summed E-state index contributed by atoms with van der Waals surface area (Å²) in [6.45, 7) is 12.9. The molecule has 1 aromatic heterocycles. The normalized spacial score (nSPS) is 30.9. The fraction of sp³-hybridized carbons (Fsp3) is 0.769. The molecular weight excluding hydrogens is 444 g/mol. The number of amides is 2. The maximum absolute atomic E-state index is 13.6. The number of nitrogens with zero attached hydrogens (tertiary/aromatic N) is 5. The second-order valence-electron chi connectivity index (χ2n) is 12.0. The summed E-state index contributed by atoms with van der Waals surface area (Å²) < 4.78 is 6.43. The van der Waals surface area contributed by atoms with Crippen LogP contribution >= 0.6 is 0 Å². The number of rotatable bonds is 3. The van der Waals surface area contributed by atoms with Crippen LogP contribution in [0.2, 0.25) is 0 Å². The first-order valence-electron chi connectivity index (χ1n) is 13.4. The maximum atomic E-state index is 13.6. The number of hydrogen-bond donors (Lipinski definition) is 1. The summed E-state index contributed by atoms with van der Waals surface area (Å²) in [4.78, 5) is 39.3. The van der Waals surface area contributed by atoms with Crippen molar-refractivity contribution in [2.75, 3.05) is 44.2 Å². The van der Waals surface area contributed by atoms with Gasteiger partial charge in [-0.15, -0.1) is 0 Å². The first-order chi connectivity index (χ1) is 16.6. The Balaban J connectivity index is 1.27. The summed E-state index contributed by atoms with van der Waals surface area (Å²) in [6.07, 6.45) is 9.18. The fourth-order valence-corrected chi connectivity index (χ4v) is 6.82. The molecule has 0 bridgehead atoms. The second kappa shape index (κ2) is 9.00. The number of anilines is 1. The Labute approximate surface area is 208 Å². The highest BCUT2D eigenvalue weighted by atomic mass is 16.6. The SMILES string of the molecule is C[C@H]1CCC[N+]1(c1cnc(N2CCC3(CCN(C(=O)OC(C)(C)C)CC3)C2=O)cn1)[C@H]1CCNC1. The molecule has 192 valence electrons. The molecule has 2 amide bonds. The van der Waals surface area contributed by atoms with E-state index in [0.717, 1.165) is 36.4 Å². The van der Waals surface area contributed by atoms with Gasteiger partial charge in [-0.05, 0) is 47.0 Å². The molecule has 3 atom stereocenters. The monoisotopic (exact) mass is 485 g/mol. The van der Waals surface area contributed by atoms with Crippen molar-refractivity contribution < 1.29 is 14.3 Å². The summed E-state index contributed by atoms with van der Waals surface area (Å²) in [6, 6.07) is 1.08. The van der Waals surface area contributed by atoms with E-state index in [4.69, 9.17) is 14.7 Å². The van der Waals surface area contributed by atoms with Gasteiger partial charge in [0.1, 0.15) is 17.8 Å². The first-order valence-corrected chi connectivity index (χ1v) is 13.4. The van der Waals surface area contributed by atoms with E-state index in [0.29, 0.717) is 50.4 Å². The van der Waals surface area contributed by atoms with Crippen LogP contribution in [-0.2, 0) is 9.53 Å². The number of ether oxygens (including phenoxy) is 1. The molecular formula is C26H41N6O3+. The number of quaternary nitrogens is 1. The molecule has 0 saturated carbocycles. The van der Waals surface area contributed by atoms with Crippen LogP contribution < -0.4 is 14.7 Å². The molecule has 4 aliphatic rings. The van der Waals surface area contributed by atoms with E-state index in [2.05, 4.69) is 12.2 Å². The Hall–Kier alpha value is -2.26. The third-order valence-corrected chi connectivity index (χ3v) is 8.84. The summed E-state index contributed by atoms with van der Waals surface area (Å²) in [5.41, 5.74) is -0.926. The molecule has 1 aromatic rings. The molecule has 1 N–H and O–H groups in total. The molecule has 0 aromatic carbocycles. The van der Waals surface area contributed by atoms with Crippen LogP contribution in [0.1, 0.15) is 66.2 Å². The number of hydrogen-bond acceptors (Lipinski definition) is 6. The largest absolute Gasteiger partial charge is 0.444 e. The van der Waals surface area contributed by atoms with Gasteiger partial charge in [-0.2, -0.15) is 4.98 Å². The summed E-state index contributed by atoms with van der Waals surface area (Å²) in [7, 11) is 0. The number of carbonyl (C=O) groups excluding carboxylic acids is 2. The number of nitrogens with one attached hydrogen (secondary N) is 1. The van der Waals surface area contributed by atoms with Gasteiger partial charge in [0.25, 0.3) is 0 Å². The summed E-state index contributed by atoms with van der Waals surface area (Å²) >= 11 is 0. The van der Waals surface area contributed by atoms with Crippen LogP contribution in [0.25, 0.3) is 0 Å². The Bertz CT molecular complexity index is 947. The molecule has 5 heterocycles. The zero-order valence-corrected chi connectivity index (χ0v) is 21.8. The third-order valence-electron chi connectivity index (χ3n) is 8.84. The lowest BCUT2D eigenvalue weighted by molar-refractivity contribution is -0.128. The lowest BCUT2D eigenvalue weighted by Gasteiger charge is -2.41. The van der Waals surface area contributed by atoms with Crippen molar-refractivity contribution in [3.8, 4) is 0 Å². The highest BCUT2D eigenvalue weighted by Gasteiger charge is 2.51. The quantitative estimate of drug-likeness (QED) is 0.662. The molecule has 4 aliphatic heterocycles. The van der Waals surface area contributed by atoms with Gasteiger partial charge in [-0.3, -0.25) is 14.2 Å². The predicted octanol–water partition coefficient (Wildman–Crippen LogP) is 3.08. The van der Waals surface area contributed by atoms with Crippen molar-refractivity contribution in [3.63, 3.8) is 0 Å². The average molecular weight is 486 g/mol. The molecule has 4 fully saturated rings. The maximum Gasteiger partial charge on any atom is 0.410 e. The van der Waals surface area contributed by atoms with E-state index in [1.54, 1.807) is 4.90 Å². The Morgan fingerprint density at radius 2 is 1.89 bits per heavy atom. The minimum absolute atomic E-state index is 0.127. The molecule has 1 unspecified atom stereocenters. The zero-order chi connectivity index (χ0) is 24.8. The fourth-order valence-electron chi connectivity index (χ4n) is 6.82. The van der Waals surface area contributed by atoms with Gasteiger partial charge in [0.2, 0.25) is 11.7 Å². The lowest BCUT2D eigenvalue weighted by Crippen LogP contribution is -2.60. The molecule has 4 saturated heterocycles. The molecule has 35 heavy (non-hydrogen) atoms. The van der Waals surface area contributed by atoms with Crippen molar-refractivity contribution in [2.24, 2.45) is 5.41 Å². The summed E-state index contributed by atoms with van der Waals surface area (Å²) in [5, 5.41) is 3.53. The smallest absolute Gasteiger partial charge is 0.410 e. The van der Waals surface area contributed by atoms with Gasteiger partial charge in [0.05, 0.1) is 24.2 Å². The van der Waals surface area contributed by atoms with Crippen LogP contribution in [0.3, 0.4) is 0 Å². The van der Waals surface area contributed by atoms with Gasteiger partial charge in [-0.25, -0.2) is 9.78 Å². The van der Waals surface area contributed by atoms with Gasteiger partial charge in [0.15, 0.2) is 5.82 Å². The van der Waals surface area contributed by atoms with Crippen molar-refractivity contribution in [1.82, 2.24) is 24.7 Å². The summed E-state index contributed by atoms with van der Waals surface area (Å²) in [5.74, 6) is 1.82. The number of likely N-dealkylation sites (tertiary alicyclic amines) is 2. The first kappa shape index (κ1) is 24.4. The van der Waals surface area contributed by atoms with E-state index in [-0.39, 0.29) is 12.0 Å². The van der Waals surface area contributed by atoms with E-state index in [9.17, 15) is 9.59 Å². The van der Waals surface area contributed by atoms with Crippen LogP contribution in [0.5, 0.6) is 0 Å². The van der Waals surface area contributed by atoms with Gasteiger partial charge < -0.3 is 15.0 Å². The molecule has 1 spiro atoms. The zero-order valence-electron chi connectivity index (χ0n) is 21.8. The predicted molar refractivity (Wildman–Crippen MR) is 135 cm³/mol. The highest BCUT2D eigenvalue weighted by molar-refractivity contribution is 5.99. The molecule has 5 rings (SSSR count). The molecule has 9 nitrogen and oxygen atoms in total. The Morgan fingerprint density at radius 3 is 2.46 bits per heavy atom. The molecule has 9 heteroatoms. The number of piperidine rings is 1. The molecule has 0 radical (unpaired) electrons. The average Bonchev–Trinajstić information content (AvgIpc) is 3.55. The minimum Gasteiger partial charge on any atom is -0.444 e. The van der Waals surface area contributed by atoms with E-state index < -0.39 is 11.0 Å². The van der Waals surface area contributed by atoms with E-state index in [1.807, 2.05) is 38.1 Å². The Kier molecular flexibility index (Phi) is 6.28. The van der Waals surface area contributed by atoms with Crippen molar-refractivity contribution in [2.45, 2.75) is 83.9 Å². The standard InChI is InChI=1S/C26H41N6O3/c1-19-6-5-15-32(19,20-7-11-27-16-20)22-18-28-21(17-29-22)31-14-10-26(23(31)33)8-12-30(13-9-26)24(34)35-25(2,3)4/h17-20,27H,5-16H2,1-4H3/q+1/t19-,20-,32?/m0/s1. The van der Waals surface area contributed by atoms with Crippen molar-refractivity contribution >= 4 is 23.6 Å².